The zero-order valence-electron chi connectivity index (χ0n) is 6.55. The molecule has 0 aromatic carbocycles. The summed E-state index contributed by atoms with van der Waals surface area (Å²) in [5.74, 6) is 0.850. The lowest BCUT2D eigenvalue weighted by Gasteiger charge is -2.42. The Labute approximate surface area is 62.2 Å². The molecule has 2 fully saturated rings. The molecular formula is C8H15NO. The van der Waals surface area contributed by atoms with E-state index in [1.54, 1.807) is 0 Å². The van der Waals surface area contributed by atoms with Crippen LogP contribution in [0.15, 0.2) is 0 Å². The lowest BCUT2D eigenvalue weighted by atomic mass is 10.0. The molecule has 2 saturated heterocycles. The molecule has 0 aliphatic carbocycles. The smallest absolute Gasteiger partial charge is 0.0528 e. The number of hydrogen-bond donors (Lipinski definition) is 0. The van der Waals surface area contributed by atoms with Crippen molar-refractivity contribution in [2.45, 2.75) is 19.4 Å². The van der Waals surface area contributed by atoms with Crippen LogP contribution in [0.1, 0.15) is 13.3 Å². The van der Waals surface area contributed by atoms with Gasteiger partial charge in [0.15, 0.2) is 0 Å². The van der Waals surface area contributed by atoms with Crippen LogP contribution in [0, 0.1) is 5.92 Å². The van der Waals surface area contributed by atoms with Gasteiger partial charge in [0.2, 0.25) is 0 Å². The Bertz CT molecular complexity index is 122. The summed E-state index contributed by atoms with van der Waals surface area (Å²) >= 11 is 0. The minimum absolute atomic E-state index is 0.848. The molecule has 2 aliphatic rings. The highest BCUT2D eigenvalue weighted by molar-refractivity contribution is 4.82. The van der Waals surface area contributed by atoms with E-state index >= 15 is 0 Å². The molecule has 0 saturated carbocycles. The first-order valence-corrected chi connectivity index (χ1v) is 4.18. The topological polar surface area (TPSA) is 12.5 Å². The van der Waals surface area contributed by atoms with E-state index in [2.05, 4.69) is 11.8 Å². The molecule has 0 aromatic rings. The summed E-state index contributed by atoms with van der Waals surface area (Å²) in [6.07, 6.45) is 1.40. The summed E-state index contributed by atoms with van der Waals surface area (Å²) in [7, 11) is 0. The van der Waals surface area contributed by atoms with Gasteiger partial charge in [-0.1, -0.05) is 0 Å². The number of hydrogen-bond acceptors (Lipinski definition) is 2. The quantitative estimate of drug-likeness (QED) is 0.562. The summed E-state index contributed by atoms with van der Waals surface area (Å²) in [4.78, 5) is 2.55. The van der Waals surface area contributed by atoms with Crippen LogP contribution >= 0.6 is 0 Å². The second kappa shape index (κ2) is 2.51. The number of nitrogens with zero attached hydrogens (tertiary/aromatic N) is 1. The van der Waals surface area contributed by atoms with Crippen molar-refractivity contribution in [1.82, 2.24) is 4.90 Å². The predicted octanol–water partition coefficient (Wildman–Crippen LogP) is 0.727. The van der Waals surface area contributed by atoms with Crippen molar-refractivity contribution in [3.8, 4) is 0 Å². The van der Waals surface area contributed by atoms with E-state index in [0.29, 0.717) is 0 Å². The number of ether oxygens (including phenoxy) is 1. The molecule has 2 rings (SSSR count). The Morgan fingerprint density at radius 1 is 1.50 bits per heavy atom. The lowest BCUT2D eigenvalue weighted by molar-refractivity contribution is -0.0627. The summed E-state index contributed by atoms with van der Waals surface area (Å²) < 4.78 is 5.11. The van der Waals surface area contributed by atoms with E-state index in [4.69, 9.17) is 4.74 Å². The van der Waals surface area contributed by atoms with Crippen molar-refractivity contribution in [2.75, 3.05) is 26.3 Å². The fourth-order valence-electron chi connectivity index (χ4n) is 1.56. The maximum absolute atomic E-state index is 5.11. The summed E-state index contributed by atoms with van der Waals surface area (Å²) in [6, 6.07) is 0.848. The number of likely N-dealkylation sites (tertiary alicyclic amines) is 1. The molecule has 58 valence electrons. The lowest BCUT2D eigenvalue weighted by Crippen LogP contribution is -2.50. The van der Waals surface area contributed by atoms with E-state index in [0.717, 1.165) is 25.2 Å². The molecular weight excluding hydrogens is 126 g/mol. The third kappa shape index (κ3) is 1.06. The Kier molecular flexibility index (Phi) is 1.66. The van der Waals surface area contributed by atoms with Crippen LogP contribution in [0.4, 0.5) is 0 Å². The van der Waals surface area contributed by atoms with Gasteiger partial charge in [-0.15, -0.1) is 0 Å². The molecule has 0 spiro atoms. The summed E-state index contributed by atoms with van der Waals surface area (Å²) in [6.45, 7) is 6.91. The molecule has 2 heterocycles. The first-order valence-electron chi connectivity index (χ1n) is 4.18. The van der Waals surface area contributed by atoms with Gasteiger partial charge in [-0.3, -0.25) is 0 Å². The van der Waals surface area contributed by atoms with Crippen molar-refractivity contribution in [1.29, 1.82) is 0 Å². The fraction of sp³-hybridized carbons (Fsp3) is 1.00. The summed E-state index contributed by atoms with van der Waals surface area (Å²) in [5.41, 5.74) is 0. The van der Waals surface area contributed by atoms with Crippen LogP contribution in [0.2, 0.25) is 0 Å². The molecule has 10 heavy (non-hydrogen) atoms. The third-order valence-corrected chi connectivity index (χ3v) is 2.66. The fourth-order valence-corrected chi connectivity index (χ4v) is 1.56. The Morgan fingerprint density at radius 2 is 2.30 bits per heavy atom. The highest BCUT2D eigenvalue weighted by Crippen LogP contribution is 2.20. The molecule has 0 N–H and O–H groups in total. The van der Waals surface area contributed by atoms with Crippen LogP contribution in [0.5, 0.6) is 0 Å². The normalized spacial score (nSPS) is 35.1. The van der Waals surface area contributed by atoms with Crippen molar-refractivity contribution in [3.63, 3.8) is 0 Å². The molecule has 0 amide bonds. The Balaban J connectivity index is 1.69. The molecule has 0 bridgehead atoms. The number of rotatable bonds is 2. The first-order chi connectivity index (χ1) is 4.86. The first kappa shape index (κ1) is 6.62. The molecule has 0 radical (unpaired) electrons. The van der Waals surface area contributed by atoms with E-state index in [-0.39, 0.29) is 0 Å². The zero-order valence-corrected chi connectivity index (χ0v) is 6.55. The second-order valence-electron chi connectivity index (χ2n) is 3.54. The van der Waals surface area contributed by atoms with Gasteiger partial charge in [0.05, 0.1) is 13.2 Å². The van der Waals surface area contributed by atoms with E-state index in [1.807, 2.05) is 0 Å². The maximum atomic E-state index is 5.11. The predicted molar refractivity (Wildman–Crippen MR) is 40.0 cm³/mol. The highest BCUT2D eigenvalue weighted by Gasteiger charge is 2.28. The molecule has 2 nitrogen and oxygen atoms in total. The van der Waals surface area contributed by atoms with Gasteiger partial charge in [0, 0.05) is 18.5 Å². The monoisotopic (exact) mass is 141 g/mol. The third-order valence-electron chi connectivity index (χ3n) is 2.66. The molecule has 0 aromatic heterocycles. The minimum atomic E-state index is 0.848. The average molecular weight is 141 g/mol. The van der Waals surface area contributed by atoms with Crippen LogP contribution in [0.3, 0.4) is 0 Å². The van der Waals surface area contributed by atoms with Crippen molar-refractivity contribution < 1.29 is 4.74 Å². The largest absolute Gasteiger partial charge is 0.381 e. The Morgan fingerprint density at radius 3 is 2.60 bits per heavy atom. The van der Waals surface area contributed by atoms with Crippen LogP contribution < -0.4 is 0 Å². The highest BCUT2D eigenvalue weighted by atomic mass is 16.5. The van der Waals surface area contributed by atoms with E-state index in [9.17, 15) is 0 Å². The summed E-state index contributed by atoms with van der Waals surface area (Å²) in [5, 5.41) is 0. The maximum Gasteiger partial charge on any atom is 0.0528 e. The SMILES string of the molecule is C[C@@H]1CCN1CC1COC1. The van der Waals surface area contributed by atoms with Gasteiger partial charge in [0.1, 0.15) is 0 Å². The van der Waals surface area contributed by atoms with Gasteiger partial charge in [-0.05, 0) is 19.9 Å². The van der Waals surface area contributed by atoms with Gasteiger partial charge < -0.3 is 9.64 Å². The average Bonchev–Trinajstić information content (AvgIpc) is 1.82. The Hall–Kier alpha value is -0.0800. The van der Waals surface area contributed by atoms with Crippen LogP contribution in [-0.2, 0) is 4.74 Å². The van der Waals surface area contributed by atoms with Gasteiger partial charge in [-0.2, -0.15) is 0 Å². The van der Waals surface area contributed by atoms with Crippen LogP contribution in [-0.4, -0.2) is 37.2 Å². The minimum Gasteiger partial charge on any atom is -0.381 e. The second-order valence-corrected chi connectivity index (χ2v) is 3.54. The van der Waals surface area contributed by atoms with E-state index < -0.39 is 0 Å². The van der Waals surface area contributed by atoms with Crippen LogP contribution in [0.25, 0.3) is 0 Å². The molecule has 0 unspecified atom stereocenters. The molecule has 2 aliphatic heterocycles. The molecule has 1 atom stereocenters. The molecule has 2 heteroatoms. The van der Waals surface area contributed by atoms with Crippen molar-refractivity contribution in [2.24, 2.45) is 5.92 Å². The van der Waals surface area contributed by atoms with Crippen molar-refractivity contribution >= 4 is 0 Å². The standard InChI is InChI=1S/C8H15NO/c1-7-2-3-9(7)4-8-5-10-6-8/h7-8H,2-6H2,1H3/t7-/m1/s1. The van der Waals surface area contributed by atoms with E-state index in [1.165, 1.54) is 19.5 Å². The van der Waals surface area contributed by atoms with Crippen molar-refractivity contribution in [3.05, 3.63) is 0 Å². The zero-order chi connectivity index (χ0) is 6.97. The van der Waals surface area contributed by atoms with Gasteiger partial charge in [0.25, 0.3) is 0 Å². The van der Waals surface area contributed by atoms with Gasteiger partial charge in [-0.25, -0.2) is 0 Å². The van der Waals surface area contributed by atoms with Gasteiger partial charge >= 0.3 is 0 Å².